The van der Waals surface area contributed by atoms with E-state index in [-0.39, 0.29) is 5.78 Å². The van der Waals surface area contributed by atoms with Crippen LogP contribution in [-0.2, 0) is 0 Å². The molecule has 148 valence electrons. The zero-order chi connectivity index (χ0) is 21.1. The summed E-state index contributed by atoms with van der Waals surface area (Å²) in [6.45, 7) is 0. The van der Waals surface area contributed by atoms with Crippen LogP contribution in [0.2, 0.25) is 0 Å². The zero-order valence-corrected chi connectivity index (χ0v) is 17.3. The minimum absolute atomic E-state index is 0.248. The average Bonchev–Trinajstić information content (AvgIpc) is 3.28. The number of methoxy groups -OCH3 is 2. The Balaban J connectivity index is 1.69. The summed E-state index contributed by atoms with van der Waals surface area (Å²) in [5, 5.41) is 13.9. The van der Waals surface area contributed by atoms with E-state index in [4.69, 9.17) is 9.47 Å². The molecule has 1 aromatic heterocycles. The van der Waals surface area contributed by atoms with Crippen LogP contribution in [0.3, 0.4) is 0 Å². The topological polar surface area (TPSA) is 72.2 Å². The summed E-state index contributed by atoms with van der Waals surface area (Å²) in [4.78, 5) is 17.8. The molecule has 1 unspecified atom stereocenters. The maximum absolute atomic E-state index is 13.2. The van der Waals surface area contributed by atoms with Crippen LogP contribution >= 0.6 is 11.3 Å². The number of benzene rings is 3. The number of hydrogen-bond acceptors (Lipinski definition) is 6. The van der Waals surface area contributed by atoms with Gasteiger partial charge in [-0.25, -0.2) is 4.98 Å². The highest BCUT2D eigenvalue weighted by Crippen LogP contribution is 2.34. The van der Waals surface area contributed by atoms with Gasteiger partial charge in [-0.05, 0) is 29.0 Å². The number of ether oxygens (including phenoxy) is 2. The van der Waals surface area contributed by atoms with Gasteiger partial charge in [0.2, 0.25) is 0 Å². The molecule has 30 heavy (non-hydrogen) atoms. The maximum atomic E-state index is 13.2. The second kappa shape index (κ2) is 8.36. The molecule has 1 atom stereocenters. The quantitative estimate of drug-likeness (QED) is 0.391. The Morgan fingerprint density at radius 3 is 2.57 bits per heavy atom. The van der Waals surface area contributed by atoms with Crippen LogP contribution in [0.15, 0.2) is 66.0 Å². The maximum Gasteiger partial charge on any atom is 0.187 e. The molecule has 1 heterocycles. The minimum Gasteiger partial charge on any atom is -0.493 e. The first kappa shape index (κ1) is 19.6. The molecule has 3 aromatic carbocycles. The predicted molar refractivity (Wildman–Crippen MR) is 117 cm³/mol. The highest BCUT2D eigenvalue weighted by Gasteiger charge is 2.26. The van der Waals surface area contributed by atoms with E-state index in [9.17, 15) is 10.1 Å². The Morgan fingerprint density at radius 2 is 1.80 bits per heavy atom. The third kappa shape index (κ3) is 3.51. The van der Waals surface area contributed by atoms with Crippen molar-refractivity contribution in [1.82, 2.24) is 4.98 Å². The minimum atomic E-state index is -0.963. The molecule has 0 saturated heterocycles. The van der Waals surface area contributed by atoms with E-state index < -0.39 is 5.92 Å². The number of nitriles is 1. The van der Waals surface area contributed by atoms with Crippen molar-refractivity contribution < 1.29 is 14.3 Å². The predicted octanol–water partition coefficient (Wildman–Crippen LogP) is 5.47. The highest BCUT2D eigenvalue weighted by atomic mass is 32.1. The van der Waals surface area contributed by atoms with Gasteiger partial charge in [0.25, 0.3) is 0 Å². The number of thiazole rings is 1. The SMILES string of the molecule is COc1ccc(-c2csc(C(C#N)C(=O)c3cccc4ccccc34)n2)cc1OC. The lowest BCUT2D eigenvalue weighted by Crippen LogP contribution is -2.11. The fourth-order valence-electron chi connectivity index (χ4n) is 3.37. The molecule has 4 rings (SSSR count). The molecule has 0 bridgehead atoms. The first-order valence-electron chi connectivity index (χ1n) is 9.25. The Hall–Kier alpha value is -3.69. The number of rotatable bonds is 6. The standard InChI is InChI=1S/C24H18N2O3S/c1-28-21-11-10-16(12-22(21)29-2)20-14-30-24(26-20)19(13-25)23(27)18-9-5-7-15-6-3-4-8-17(15)18/h3-12,14,19H,1-2H3. The first-order valence-corrected chi connectivity index (χ1v) is 10.1. The molecule has 0 aliphatic heterocycles. The van der Waals surface area contributed by atoms with E-state index in [1.165, 1.54) is 11.3 Å². The van der Waals surface area contributed by atoms with Gasteiger partial charge in [0.15, 0.2) is 23.2 Å². The smallest absolute Gasteiger partial charge is 0.187 e. The van der Waals surface area contributed by atoms with Crippen molar-refractivity contribution in [2.75, 3.05) is 14.2 Å². The number of nitrogens with zero attached hydrogens (tertiary/aromatic N) is 2. The van der Waals surface area contributed by atoms with E-state index in [0.717, 1.165) is 16.3 Å². The molecular formula is C24H18N2O3S. The van der Waals surface area contributed by atoms with Crippen LogP contribution in [0.1, 0.15) is 21.3 Å². The van der Waals surface area contributed by atoms with Crippen molar-refractivity contribution in [2.24, 2.45) is 0 Å². The fourth-order valence-corrected chi connectivity index (χ4v) is 4.24. The van der Waals surface area contributed by atoms with Gasteiger partial charge < -0.3 is 9.47 Å². The number of ketones is 1. The fraction of sp³-hybridized carbons (Fsp3) is 0.125. The van der Waals surface area contributed by atoms with E-state index >= 15 is 0 Å². The molecule has 0 saturated carbocycles. The molecule has 0 amide bonds. The second-order valence-corrected chi connectivity index (χ2v) is 7.48. The van der Waals surface area contributed by atoms with Crippen molar-refractivity contribution in [3.63, 3.8) is 0 Å². The van der Waals surface area contributed by atoms with Gasteiger partial charge in [-0.15, -0.1) is 11.3 Å². The van der Waals surface area contributed by atoms with Gasteiger partial charge in [0, 0.05) is 16.5 Å². The van der Waals surface area contributed by atoms with Crippen molar-refractivity contribution in [3.05, 3.63) is 76.6 Å². The lowest BCUT2D eigenvalue weighted by atomic mass is 9.94. The molecule has 0 aliphatic rings. The van der Waals surface area contributed by atoms with Gasteiger partial charge in [-0.1, -0.05) is 42.5 Å². The molecule has 5 nitrogen and oxygen atoms in total. The second-order valence-electron chi connectivity index (χ2n) is 6.59. The van der Waals surface area contributed by atoms with Crippen molar-refractivity contribution >= 4 is 27.9 Å². The normalized spacial score (nSPS) is 11.6. The van der Waals surface area contributed by atoms with Gasteiger partial charge in [-0.3, -0.25) is 4.79 Å². The summed E-state index contributed by atoms with van der Waals surface area (Å²) in [6, 6.07) is 20.8. The Kier molecular flexibility index (Phi) is 5.46. The molecule has 0 N–H and O–H groups in total. The summed E-state index contributed by atoms with van der Waals surface area (Å²) in [7, 11) is 3.15. The van der Waals surface area contributed by atoms with Crippen molar-refractivity contribution in [1.29, 1.82) is 5.26 Å². The van der Waals surface area contributed by atoms with E-state index in [1.54, 1.807) is 26.4 Å². The number of aromatic nitrogens is 1. The van der Waals surface area contributed by atoms with Crippen LogP contribution < -0.4 is 9.47 Å². The molecule has 6 heteroatoms. The van der Waals surface area contributed by atoms with Crippen molar-refractivity contribution in [3.8, 4) is 28.8 Å². The van der Waals surface area contributed by atoms with Crippen LogP contribution in [-0.4, -0.2) is 25.0 Å². The van der Waals surface area contributed by atoms with E-state index in [2.05, 4.69) is 11.1 Å². The number of hydrogen-bond donors (Lipinski definition) is 0. The average molecular weight is 414 g/mol. The number of Topliss-reactive ketones (excluding diaryl/α,β-unsaturated/α-hetero) is 1. The Labute approximate surface area is 178 Å². The molecule has 0 radical (unpaired) electrons. The number of fused-ring (bicyclic) bond motifs is 1. The van der Waals surface area contributed by atoms with Gasteiger partial charge in [0.1, 0.15) is 5.01 Å². The highest BCUT2D eigenvalue weighted by molar-refractivity contribution is 7.10. The third-order valence-corrected chi connectivity index (χ3v) is 5.80. The molecule has 0 aliphatic carbocycles. The molecule has 4 aromatic rings. The summed E-state index contributed by atoms with van der Waals surface area (Å²) in [5.74, 6) is 0.00293. The third-order valence-electron chi connectivity index (χ3n) is 4.89. The van der Waals surface area contributed by atoms with Crippen molar-refractivity contribution in [2.45, 2.75) is 5.92 Å². The molecular weight excluding hydrogens is 396 g/mol. The van der Waals surface area contributed by atoms with Gasteiger partial charge >= 0.3 is 0 Å². The van der Waals surface area contributed by atoms with E-state index in [0.29, 0.717) is 27.8 Å². The van der Waals surface area contributed by atoms with Crippen LogP contribution in [0.25, 0.3) is 22.0 Å². The summed E-state index contributed by atoms with van der Waals surface area (Å²) in [6.07, 6.45) is 0. The van der Waals surface area contributed by atoms with Crippen LogP contribution in [0, 0.1) is 11.3 Å². The van der Waals surface area contributed by atoms with Crippen LogP contribution in [0.5, 0.6) is 11.5 Å². The molecule has 0 fully saturated rings. The lowest BCUT2D eigenvalue weighted by molar-refractivity contribution is 0.0980. The first-order chi connectivity index (χ1) is 14.7. The number of carbonyl (C=O) groups is 1. The Morgan fingerprint density at radius 1 is 1.03 bits per heavy atom. The Bertz CT molecular complexity index is 1270. The van der Waals surface area contributed by atoms with Gasteiger partial charge in [0.05, 0.1) is 26.0 Å². The number of carbonyl (C=O) groups excluding carboxylic acids is 1. The van der Waals surface area contributed by atoms with Crippen LogP contribution in [0.4, 0.5) is 0 Å². The summed E-state index contributed by atoms with van der Waals surface area (Å²) in [5.41, 5.74) is 2.04. The summed E-state index contributed by atoms with van der Waals surface area (Å²) < 4.78 is 10.6. The zero-order valence-electron chi connectivity index (χ0n) is 16.5. The molecule has 0 spiro atoms. The monoisotopic (exact) mass is 414 g/mol. The lowest BCUT2D eigenvalue weighted by Gasteiger charge is -2.09. The largest absolute Gasteiger partial charge is 0.493 e. The summed E-state index contributed by atoms with van der Waals surface area (Å²) >= 11 is 1.30. The van der Waals surface area contributed by atoms with E-state index in [1.807, 2.05) is 53.9 Å². The van der Waals surface area contributed by atoms with Gasteiger partial charge in [-0.2, -0.15) is 5.26 Å².